The molecule has 142 valence electrons. The average molecular weight is 375 g/mol. The van der Waals surface area contributed by atoms with E-state index in [4.69, 9.17) is 4.74 Å². The Balaban J connectivity index is 1.75. The van der Waals surface area contributed by atoms with Crippen LogP contribution in [0.2, 0.25) is 0 Å². The van der Waals surface area contributed by atoms with Gasteiger partial charge in [-0.1, -0.05) is 0 Å². The lowest BCUT2D eigenvalue weighted by molar-refractivity contribution is -0.159. The van der Waals surface area contributed by atoms with Gasteiger partial charge in [0.2, 0.25) is 10.0 Å². The Hall–Kier alpha value is -1.68. The van der Waals surface area contributed by atoms with E-state index in [9.17, 15) is 22.8 Å². The highest BCUT2D eigenvalue weighted by atomic mass is 32.2. The molecular formula is C15H25N3O6S. The zero-order valence-corrected chi connectivity index (χ0v) is 15.3. The van der Waals surface area contributed by atoms with Gasteiger partial charge in [0.25, 0.3) is 5.91 Å². The van der Waals surface area contributed by atoms with Gasteiger partial charge in [-0.3, -0.25) is 14.9 Å². The number of ether oxygens (including phenoxy) is 1. The summed E-state index contributed by atoms with van der Waals surface area (Å²) in [6.07, 6.45) is 1.43. The minimum Gasteiger partial charge on any atom is -0.452 e. The maximum absolute atomic E-state index is 12.1. The number of nitrogens with one attached hydrogen (secondary N) is 2. The zero-order valence-electron chi connectivity index (χ0n) is 14.5. The number of hydrogen-bond donors (Lipinski definition) is 2. The number of urea groups is 1. The van der Waals surface area contributed by atoms with Gasteiger partial charge in [0.15, 0.2) is 6.10 Å². The fourth-order valence-electron chi connectivity index (χ4n) is 2.54. The molecule has 9 nitrogen and oxygen atoms in total. The van der Waals surface area contributed by atoms with E-state index < -0.39 is 40.0 Å². The highest BCUT2D eigenvalue weighted by molar-refractivity contribution is 7.89. The second-order valence-corrected chi connectivity index (χ2v) is 8.65. The zero-order chi connectivity index (χ0) is 18.6. The molecule has 0 aromatic rings. The van der Waals surface area contributed by atoms with E-state index in [-0.39, 0.29) is 24.9 Å². The van der Waals surface area contributed by atoms with Crippen molar-refractivity contribution in [3.05, 3.63) is 0 Å². The number of rotatable bonds is 6. The molecule has 1 aliphatic carbocycles. The number of amides is 3. The van der Waals surface area contributed by atoms with Crippen molar-refractivity contribution in [1.29, 1.82) is 0 Å². The standard InChI is InChI=1S/C15H25N3O6S/c1-3-25(22,23)18-8-6-11(7-9-18)14(20)24-10(2)13(19)17-15(21)16-12-4-5-12/h10-12H,3-9H2,1-2H3,(H2,16,17,19,21). The van der Waals surface area contributed by atoms with E-state index in [1.54, 1.807) is 6.92 Å². The minimum absolute atomic E-state index is 0.0300. The maximum Gasteiger partial charge on any atom is 0.321 e. The Bertz CT molecular complexity index is 623. The summed E-state index contributed by atoms with van der Waals surface area (Å²) in [5.41, 5.74) is 0. The monoisotopic (exact) mass is 375 g/mol. The lowest BCUT2D eigenvalue weighted by Crippen LogP contribution is -2.46. The van der Waals surface area contributed by atoms with Gasteiger partial charge in [0, 0.05) is 19.1 Å². The van der Waals surface area contributed by atoms with Crippen LogP contribution >= 0.6 is 0 Å². The van der Waals surface area contributed by atoms with Crippen molar-refractivity contribution in [1.82, 2.24) is 14.9 Å². The molecule has 2 N–H and O–H groups in total. The fraction of sp³-hybridized carbons (Fsp3) is 0.800. The summed E-state index contributed by atoms with van der Waals surface area (Å²) in [5.74, 6) is -1.64. The highest BCUT2D eigenvalue weighted by Gasteiger charge is 2.33. The molecule has 0 radical (unpaired) electrons. The largest absolute Gasteiger partial charge is 0.452 e. The lowest BCUT2D eigenvalue weighted by atomic mass is 9.98. The summed E-state index contributed by atoms with van der Waals surface area (Å²) in [6, 6.07) is -0.469. The second-order valence-electron chi connectivity index (χ2n) is 6.39. The van der Waals surface area contributed by atoms with Gasteiger partial charge in [-0.2, -0.15) is 0 Å². The molecule has 0 spiro atoms. The van der Waals surface area contributed by atoms with Crippen LogP contribution in [0.5, 0.6) is 0 Å². The van der Waals surface area contributed by atoms with Crippen LogP contribution in [0.1, 0.15) is 39.5 Å². The van der Waals surface area contributed by atoms with Gasteiger partial charge in [-0.15, -0.1) is 0 Å². The minimum atomic E-state index is -3.25. The predicted octanol–water partition coefficient (Wildman–Crippen LogP) is -0.0320. The Morgan fingerprint density at radius 2 is 1.76 bits per heavy atom. The summed E-state index contributed by atoms with van der Waals surface area (Å²) >= 11 is 0. The van der Waals surface area contributed by atoms with Crippen LogP contribution in [-0.4, -0.2) is 61.6 Å². The Morgan fingerprint density at radius 3 is 2.28 bits per heavy atom. The quantitative estimate of drug-likeness (QED) is 0.629. The van der Waals surface area contributed by atoms with E-state index in [0.717, 1.165) is 12.8 Å². The van der Waals surface area contributed by atoms with Gasteiger partial charge in [-0.25, -0.2) is 17.5 Å². The number of piperidine rings is 1. The third kappa shape index (κ3) is 5.67. The number of imide groups is 1. The molecule has 0 aromatic carbocycles. The Kier molecular flexibility index (Phi) is 6.39. The van der Waals surface area contributed by atoms with Crippen LogP contribution in [0.4, 0.5) is 4.79 Å². The lowest BCUT2D eigenvalue weighted by Gasteiger charge is -2.30. The molecule has 25 heavy (non-hydrogen) atoms. The van der Waals surface area contributed by atoms with Crippen LogP contribution in [0.25, 0.3) is 0 Å². The summed E-state index contributed by atoms with van der Waals surface area (Å²) in [6.45, 7) is 3.50. The summed E-state index contributed by atoms with van der Waals surface area (Å²) < 4.78 is 30.1. The molecule has 2 aliphatic rings. The third-order valence-electron chi connectivity index (χ3n) is 4.36. The molecule has 1 aliphatic heterocycles. The van der Waals surface area contributed by atoms with Crippen LogP contribution < -0.4 is 10.6 Å². The van der Waals surface area contributed by atoms with Gasteiger partial charge in [0.1, 0.15) is 0 Å². The molecule has 1 atom stereocenters. The summed E-state index contributed by atoms with van der Waals surface area (Å²) in [5, 5.41) is 4.75. The SMILES string of the molecule is CCS(=O)(=O)N1CCC(C(=O)OC(C)C(=O)NC(=O)NC2CC2)CC1. The van der Waals surface area contributed by atoms with Crippen LogP contribution in [0, 0.1) is 5.92 Å². The van der Waals surface area contributed by atoms with Crippen molar-refractivity contribution in [2.24, 2.45) is 5.92 Å². The van der Waals surface area contributed by atoms with E-state index in [0.29, 0.717) is 12.8 Å². The maximum atomic E-state index is 12.1. The second kappa shape index (κ2) is 8.13. The van der Waals surface area contributed by atoms with E-state index in [2.05, 4.69) is 10.6 Å². The van der Waals surface area contributed by atoms with Crippen LogP contribution in [0.15, 0.2) is 0 Å². The summed E-state index contributed by atoms with van der Waals surface area (Å²) in [7, 11) is -3.25. The Labute approximate surface area is 147 Å². The van der Waals surface area contributed by atoms with Crippen LogP contribution in [0.3, 0.4) is 0 Å². The molecule has 2 fully saturated rings. The van der Waals surface area contributed by atoms with Crippen molar-refractivity contribution >= 4 is 27.9 Å². The molecular weight excluding hydrogens is 350 g/mol. The number of esters is 1. The third-order valence-corrected chi connectivity index (χ3v) is 6.24. The van der Waals surface area contributed by atoms with Gasteiger partial charge < -0.3 is 10.1 Å². The van der Waals surface area contributed by atoms with Crippen molar-refractivity contribution in [2.75, 3.05) is 18.8 Å². The van der Waals surface area contributed by atoms with Gasteiger partial charge in [-0.05, 0) is 39.5 Å². The summed E-state index contributed by atoms with van der Waals surface area (Å²) in [4.78, 5) is 35.5. The van der Waals surface area contributed by atoms with Crippen molar-refractivity contribution in [3.63, 3.8) is 0 Å². The van der Waals surface area contributed by atoms with Crippen molar-refractivity contribution < 1.29 is 27.5 Å². The predicted molar refractivity (Wildman–Crippen MR) is 89.0 cm³/mol. The van der Waals surface area contributed by atoms with Gasteiger partial charge >= 0.3 is 12.0 Å². The number of carbonyl (C=O) groups excluding carboxylic acids is 3. The number of hydrogen-bond acceptors (Lipinski definition) is 6. The molecule has 1 saturated heterocycles. The van der Waals surface area contributed by atoms with E-state index in [1.807, 2.05) is 0 Å². The average Bonchev–Trinajstić information content (AvgIpc) is 3.38. The fourth-order valence-corrected chi connectivity index (χ4v) is 3.67. The van der Waals surface area contributed by atoms with Gasteiger partial charge in [0.05, 0.1) is 11.7 Å². The highest BCUT2D eigenvalue weighted by Crippen LogP contribution is 2.21. The first-order chi connectivity index (χ1) is 11.7. The van der Waals surface area contributed by atoms with Crippen molar-refractivity contribution in [2.45, 2.75) is 51.7 Å². The molecule has 1 heterocycles. The first-order valence-electron chi connectivity index (χ1n) is 8.52. The molecule has 3 amide bonds. The van der Waals surface area contributed by atoms with Crippen LogP contribution in [-0.2, 0) is 24.3 Å². The molecule has 0 bridgehead atoms. The topological polar surface area (TPSA) is 122 Å². The van der Waals surface area contributed by atoms with E-state index >= 15 is 0 Å². The number of sulfonamides is 1. The molecule has 0 aromatic heterocycles. The smallest absolute Gasteiger partial charge is 0.321 e. The van der Waals surface area contributed by atoms with Crippen molar-refractivity contribution in [3.8, 4) is 0 Å². The normalized spacial score (nSPS) is 20.6. The first kappa shape index (κ1) is 19.6. The molecule has 1 unspecified atom stereocenters. The molecule has 10 heteroatoms. The number of nitrogens with zero attached hydrogens (tertiary/aromatic N) is 1. The number of carbonyl (C=O) groups is 3. The van der Waals surface area contributed by atoms with E-state index in [1.165, 1.54) is 11.2 Å². The molecule has 2 rings (SSSR count). The molecule has 1 saturated carbocycles. The Morgan fingerprint density at radius 1 is 1.16 bits per heavy atom. The first-order valence-corrected chi connectivity index (χ1v) is 10.1.